The van der Waals surface area contributed by atoms with Crippen LogP contribution in [0, 0.1) is 0 Å². The lowest BCUT2D eigenvalue weighted by Gasteiger charge is -2.20. The van der Waals surface area contributed by atoms with Gasteiger partial charge in [-0.05, 0) is 66.4 Å². The summed E-state index contributed by atoms with van der Waals surface area (Å²) in [5.74, 6) is -0.151. The summed E-state index contributed by atoms with van der Waals surface area (Å²) >= 11 is 6.21. The number of fused-ring (bicyclic) bond motifs is 1. The molecule has 0 radical (unpaired) electrons. The fraction of sp³-hybridized carbons (Fsp3) is 0.107. The van der Waals surface area contributed by atoms with Crippen LogP contribution in [0.2, 0.25) is 0 Å². The number of aromatic hydroxyl groups is 1. The number of phenols is 1. The maximum atomic E-state index is 13.2. The van der Waals surface area contributed by atoms with Crippen molar-refractivity contribution in [2.45, 2.75) is 4.90 Å². The Morgan fingerprint density at radius 3 is 2.47 bits per heavy atom. The summed E-state index contributed by atoms with van der Waals surface area (Å²) in [6, 6.07) is 22.9. The van der Waals surface area contributed by atoms with Crippen molar-refractivity contribution >= 4 is 68.1 Å². The fourth-order valence-corrected chi connectivity index (χ4v) is 4.72. The summed E-state index contributed by atoms with van der Waals surface area (Å²) in [6.45, 7) is 0. The molecule has 0 unspecified atom stereocenters. The van der Waals surface area contributed by atoms with Crippen molar-refractivity contribution in [2.24, 2.45) is 0 Å². The number of carbonyl (C=O) groups excluding carboxylic acids is 2. The first-order valence-corrected chi connectivity index (χ1v) is 12.8. The number of rotatable bonds is 6. The Morgan fingerprint density at radius 2 is 1.71 bits per heavy atom. The SMILES string of the molecule is CNC(=S)Nc1cccc(SC(=O)N(C)c2cccc3c(O)c(C(=O)Nc4ccccc4OC)ccc23)c1. The average Bonchev–Trinajstić information content (AvgIpc) is 2.93. The van der Waals surface area contributed by atoms with Gasteiger partial charge in [0, 0.05) is 35.5 Å². The van der Waals surface area contributed by atoms with Crippen molar-refractivity contribution in [3.63, 3.8) is 0 Å². The number of ether oxygens (including phenoxy) is 1. The van der Waals surface area contributed by atoms with Crippen LogP contribution in [0.1, 0.15) is 10.4 Å². The molecule has 8 nitrogen and oxygen atoms in total. The van der Waals surface area contributed by atoms with E-state index in [1.807, 2.05) is 24.3 Å². The quantitative estimate of drug-likeness (QED) is 0.171. The first kappa shape index (κ1) is 26.8. The minimum atomic E-state index is -0.481. The van der Waals surface area contributed by atoms with Crippen molar-refractivity contribution < 1.29 is 19.4 Å². The van der Waals surface area contributed by atoms with E-state index >= 15 is 0 Å². The molecule has 0 bridgehead atoms. The van der Waals surface area contributed by atoms with Gasteiger partial charge in [0.25, 0.3) is 11.1 Å². The first-order valence-electron chi connectivity index (χ1n) is 11.6. The molecule has 4 aromatic rings. The molecule has 0 fully saturated rings. The van der Waals surface area contributed by atoms with Crippen molar-refractivity contribution in [1.29, 1.82) is 0 Å². The molecule has 4 rings (SSSR count). The second kappa shape index (κ2) is 11.8. The van der Waals surface area contributed by atoms with Crippen LogP contribution in [0.15, 0.2) is 83.8 Å². The normalized spacial score (nSPS) is 10.5. The smallest absolute Gasteiger partial charge is 0.290 e. The van der Waals surface area contributed by atoms with Gasteiger partial charge in [-0.3, -0.25) is 9.59 Å². The molecule has 4 N–H and O–H groups in total. The number of amides is 2. The zero-order valence-corrected chi connectivity index (χ0v) is 22.6. The highest BCUT2D eigenvalue weighted by atomic mass is 32.2. The molecular formula is C28H26N4O4S2. The second-order valence-electron chi connectivity index (χ2n) is 8.15. The van der Waals surface area contributed by atoms with Crippen LogP contribution in [0.3, 0.4) is 0 Å². The minimum Gasteiger partial charge on any atom is -0.506 e. The Labute approximate surface area is 230 Å². The van der Waals surface area contributed by atoms with E-state index in [1.54, 1.807) is 62.6 Å². The Balaban J connectivity index is 1.57. The van der Waals surface area contributed by atoms with Gasteiger partial charge in [-0.15, -0.1) is 0 Å². The lowest BCUT2D eigenvalue weighted by atomic mass is 10.0. The van der Waals surface area contributed by atoms with Gasteiger partial charge in [0.1, 0.15) is 11.5 Å². The van der Waals surface area contributed by atoms with Crippen LogP contribution in [-0.4, -0.2) is 42.6 Å². The lowest BCUT2D eigenvalue weighted by molar-refractivity contribution is 0.102. The molecule has 0 heterocycles. The zero-order chi connectivity index (χ0) is 27.2. The number of phenolic OH excluding ortho intramolecular Hbond substituents is 1. The second-order valence-corrected chi connectivity index (χ2v) is 9.58. The number of anilines is 3. The predicted molar refractivity (Wildman–Crippen MR) is 158 cm³/mol. The van der Waals surface area contributed by atoms with E-state index in [1.165, 1.54) is 18.1 Å². The fourth-order valence-electron chi connectivity index (χ4n) is 3.84. The van der Waals surface area contributed by atoms with Gasteiger partial charge in [-0.2, -0.15) is 0 Å². The predicted octanol–water partition coefficient (Wildman–Crippen LogP) is 6.07. The molecule has 194 valence electrons. The topological polar surface area (TPSA) is 103 Å². The molecular weight excluding hydrogens is 520 g/mol. The van der Waals surface area contributed by atoms with E-state index in [4.69, 9.17) is 17.0 Å². The number of thioether (sulfide) groups is 1. The number of hydrogen-bond acceptors (Lipinski definition) is 6. The van der Waals surface area contributed by atoms with Crippen LogP contribution in [0.4, 0.5) is 21.9 Å². The molecule has 2 amide bonds. The highest BCUT2D eigenvalue weighted by Gasteiger charge is 2.20. The van der Waals surface area contributed by atoms with Gasteiger partial charge in [-0.25, -0.2) is 0 Å². The van der Waals surface area contributed by atoms with Gasteiger partial charge in [-0.1, -0.05) is 36.4 Å². The average molecular weight is 547 g/mol. The molecule has 0 aliphatic rings. The van der Waals surface area contributed by atoms with Gasteiger partial charge in [0.2, 0.25) is 0 Å². The number of thiocarbonyl (C=S) groups is 1. The van der Waals surface area contributed by atoms with Crippen LogP contribution in [0.5, 0.6) is 11.5 Å². The number of nitrogens with zero attached hydrogens (tertiary/aromatic N) is 1. The number of methoxy groups -OCH3 is 1. The molecule has 38 heavy (non-hydrogen) atoms. The van der Waals surface area contributed by atoms with Crippen molar-refractivity contribution in [1.82, 2.24) is 5.32 Å². The molecule has 0 aliphatic heterocycles. The maximum Gasteiger partial charge on any atom is 0.290 e. The first-order chi connectivity index (χ1) is 18.3. The summed E-state index contributed by atoms with van der Waals surface area (Å²) < 4.78 is 5.29. The van der Waals surface area contributed by atoms with E-state index < -0.39 is 5.91 Å². The number of carbonyl (C=O) groups is 2. The van der Waals surface area contributed by atoms with Crippen molar-refractivity contribution in [3.8, 4) is 11.5 Å². The summed E-state index contributed by atoms with van der Waals surface area (Å²) in [6.07, 6.45) is 0. The molecule has 0 atom stereocenters. The molecule has 4 aromatic carbocycles. The third-order valence-electron chi connectivity index (χ3n) is 5.77. The lowest BCUT2D eigenvalue weighted by Crippen LogP contribution is -2.24. The molecule has 0 aliphatic carbocycles. The highest BCUT2D eigenvalue weighted by molar-refractivity contribution is 8.14. The number of para-hydroxylation sites is 2. The van der Waals surface area contributed by atoms with Gasteiger partial charge in [0.05, 0.1) is 24.0 Å². The number of nitrogens with one attached hydrogen (secondary N) is 3. The van der Waals surface area contributed by atoms with Crippen molar-refractivity contribution in [2.75, 3.05) is 36.7 Å². The third kappa shape index (κ3) is 5.82. The Hall–Kier alpha value is -4.28. The van der Waals surface area contributed by atoms with Crippen molar-refractivity contribution in [3.05, 3.63) is 84.4 Å². The maximum absolute atomic E-state index is 13.2. The molecule has 0 aromatic heterocycles. The zero-order valence-electron chi connectivity index (χ0n) is 20.9. The summed E-state index contributed by atoms with van der Waals surface area (Å²) in [7, 11) is 4.91. The van der Waals surface area contributed by atoms with Gasteiger partial charge < -0.3 is 30.7 Å². The Kier molecular flexibility index (Phi) is 8.35. The van der Waals surface area contributed by atoms with Crippen LogP contribution >= 0.6 is 24.0 Å². The van der Waals surface area contributed by atoms with Crippen LogP contribution in [-0.2, 0) is 0 Å². The highest BCUT2D eigenvalue weighted by Crippen LogP contribution is 2.37. The van der Waals surface area contributed by atoms with Crippen LogP contribution < -0.4 is 25.6 Å². The summed E-state index contributed by atoms with van der Waals surface area (Å²) in [5.41, 5.74) is 1.95. The van der Waals surface area contributed by atoms with E-state index in [9.17, 15) is 14.7 Å². The minimum absolute atomic E-state index is 0.104. The van der Waals surface area contributed by atoms with Gasteiger partial charge in [0.15, 0.2) is 5.11 Å². The monoisotopic (exact) mass is 546 g/mol. The molecule has 0 saturated heterocycles. The van der Waals surface area contributed by atoms with E-state index in [2.05, 4.69) is 16.0 Å². The molecule has 10 heteroatoms. The molecule has 0 spiro atoms. The van der Waals surface area contributed by atoms with E-state index in [-0.39, 0.29) is 16.6 Å². The van der Waals surface area contributed by atoms with Crippen LogP contribution in [0.25, 0.3) is 10.8 Å². The standard InChI is InChI=1S/C28H26N4O4S2/c1-29-27(37)30-17-8-6-9-18(16-17)38-28(35)32(2)23-12-7-10-20-19(23)14-15-21(25(20)33)26(34)31-22-11-4-5-13-24(22)36-3/h4-16,33H,1-3H3,(H,31,34)(H2,29,30,37). The summed E-state index contributed by atoms with van der Waals surface area (Å²) in [5, 5.41) is 21.0. The third-order valence-corrected chi connectivity index (χ3v) is 7.01. The largest absolute Gasteiger partial charge is 0.506 e. The number of hydrogen-bond donors (Lipinski definition) is 4. The van der Waals surface area contributed by atoms with E-state index in [0.29, 0.717) is 33.0 Å². The molecule has 0 saturated carbocycles. The summed E-state index contributed by atoms with van der Waals surface area (Å²) in [4.78, 5) is 28.4. The van der Waals surface area contributed by atoms with Gasteiger partial charge >= 0.3 is 0 Å². The Morgan fingerprint density at radius 1 is 0.947 bits per heavy atom. The Bertz CT molecular complexity index is 1530. The van der Waals surface area contributed by atoms with E-state index in [0.717, 1.165) is 22.3 Å². The number of benzene rings is 4.